The SMILES string of the molecule is CN(CCCCCCl)c1cnnc2ccccc12. The van der Waals surface area contributed by atoms with Crippen LogP contribution in [0.4, 0.5) is 5.69 Å². The van der Waals surface area contributed by atoms with Gasteiger partial charge in [-0.15, -0.1) is 11.6 Å². The summed E-state index contributed by atoms with van der Waals surface area (Å²) in [6, 6.07) is 8.11. The van der Waals surface area contributed by atoms with Gasteiger partial charge < -0.3 is 4.90 Å². The molecular formula is C14H18ClN3. The minimum atomic E-state index is 0.753. The molecule has 3 nitrogen and oxygen atoms in total. The first-order valence-electron chi connectivity index (χ1n) is 6.30. The molecule has 4 heteroatoms. The summed E-state index contributed by atoms with van der Waals surface area (Å²) in [5, 5.41) is 9.36. The predicted octanol–water partition coefficient (Wildman–Crippen LogP) is 3.48. The van der Waals surface area contributed by atoms with Crippen LogP contribution in [0, 0.1) is 0 Å². The smallest absolute Gasteiger partial charge is 0.0950 e. The molecular weight excluding hydrogens is 246 g/mol. The summed E-state index contributed by atoms with van der Waals surface area (Å²) in [4.78, 5) is 2.24. The zero-order valence-corrected chi connectivity index (χ0v) is 11.4. The molecule has 1 aromatic heterocycles. The van der Waals surface area contributed by atoms with Crippen molar-refractivity contribution in [3.8, 4) is 0 Å². The van der Waals surface area contributed by atoms with Crippen molar-refractivity contribution in [3.63, 3.8) is 0 Å². The van der Waals surface area contributed by atoms with Crippen LogP contribution in [0.5, 0.6) is 0 Å². The standard InChI is InChI=1S/C14H18ClN3/c1-18(10-6-2-5-9-15)14-11-16-17-13-8-4-3-7-12(13)14/h3-4,7-8,11H,2,5-6,9-10H2,1H3. The first-order chi connectivity index (χ1) is 8.83. The Morgan fingerprint density at radius 1 is 1.17 bits per heavy atom. The van der Waals surface area contributed by atoms with Crippen LogP contribution in [0.2, 0.25) is 0 Å². The molecule has 0 saturated carbocycles. The lowest BCUT2D eigenvalue weighted by molar-refractivity contribution is 0.708. The molecule has 0 atom stereocenters. The van der Waals surface area contributed by atoms with Gasteiger partial charge in [0.1, 0.15) is 0 Å². The molecule has 0 N–H and O–H groups in total. The highest BCUT2D eigenvalue weighted by molar-refractivity contribution is 6.17. The summed E-state index contributed by atoms with van der Waals surface area (Å²) in [5.74, 6) is 0.753. The van der Waals surface area contributed by atoms with Crippen molar-refractivity contribution in [2.24, 2.45) is 0 Å². The van der Waals surface area contributed by atoms with Crippen molar-refractivity contribution in [2.45, 2.75) is 19.3 Å². The molecule has 96 valence electrons. The van der Waals surface area contributed by atoms with Crippen molar-refractivity contribution in [1.29, 1.82) is 0 Å². The van der Waals surface area contributed by atoms with Gasteiger partial charge in [0.25, 0.3) is 0 Å². The number of alkyl halides is 1. The van der Waals surface area contributed by atoms with E-state index < -0.39 is 0 Å². The lowest BCUT2D eigenvalue weighted by atomic mass is 10.2. The fourth-order valence-electron chi connectivity index (χ4n) is 2.04. The van der Waals surface area contributed by atoms with Gasteiger partial charge in [-0.2, -0.15) is 10.2 Å². The summed E-state index contributed by atoms with van der Waals surface area (Å²) in [5.41, 5.74) is 2.09. The Bertz CT molecular complexity index is 496. The van der Waals surface area contributed by atoms with Crippen molar-refractivity contribution in [2.75, 3.05) is 24.4 Å². The number of halogens is 1. The first-order valence-corrected chi connectivity index (χ1v) is 6.84. The Balaban J connectivity index is 2.10. The second-order valence-electron chi connectivity index (χ2n) is 4.42. The van der Waals surface area contributed by atoms with Gasteiger partial charge in [0, 0.05) is 24.9 Å². The summed E-state index contributed by atoms with van der Waals surface area (Å²) in [7, 11) is 2.10. The Morgan fingerprint density at radius 2 is 2.00 bits per heavy atom. The highest BCUT2D eigenvalue weighted by atomic mass is 35.5. The molecule has 1 aromatic carbocycles. The summed E-state index contributed by atoms with van der Waals surface area (Å²) < 4.78 is 0. The zero-order chi connectivity index (χ0) is 12.8. The van der Waals surface area contributed by atoms with Crippen molar-refractivity contribution in [1.82, 2.24) is 10.2 Å². The molecule has 1 heterocycles. The van der Waals surface area contributed by atoms with E-state index in [0.717, 1.165) is 41.9 Å². The molecule has 0 aliphatic heterocycles. The fourth-order valence-corrected chi connectivity index (χ4v) is 2.23. The van der Waals surface area contributed by atoms with Crippen LogP contribution in [0.3, 0.4) is 0 Å². The van der Waals surface area contributed by atoms with Gasteiger partial charge in [0.15, 0.2) is 0 Å². The third kappa shape index (κ3) is 3.10. The number of hydrogen-bond acceptors (Lipinski definition) is 3. The minimum Gasteiger partial charge on any atom is -0.373 e. The molecule has 0 aliphatic carbocycles. The van der Waals surface area contributed by atoms with Gasteiger partial charge in [-0.1, -0.05) is 24.6 Å². The number of anilines is 1. The Morgan fingerprint density at radius 3 is 2.83 bits per heavy atom. The van der Waals surface area contributed by atoms with Crippen molar-refractivity contribution in [3.05, 3.63) is 30.5 Å². The molecule has 0 bridgehead atoms. The molecule has 0 unspecified atom stereocenters. The highest BCUT2D eigenvalue weighted by Crippen LogP contribution is 2.23. The number of hydrogen-bond donors (Lipinski definition) is 0. The van der Waals surface area contributed by atoms with Gasteiger partial charge in [0.2, 0.25) is 0 Å². The molecule has 0 fully saturated rings. The topological polar surface area (TPSA) is 29.0 Å². The van der Waals surface area contributed by atoms with Crippen LogP contribution in [0.1, 0.15) is 19.3 Å². The van der Waals surface area contributed by atoms with Gasteiger partial charge in [0.05, 0.1) is 17.4 Å². The van der Waals surface area contributed by atoms with Gasteiger partial charge >= 0.3 is 0 Å². The third-order valence-electron chi connectivity index (χ3n) is 3.06. The maximum Gasteiger partial charge on any atom is 0.0950 e. The maximum atomic E-state index is 5.68. The molecule has 0 amide bonds. The third-order valence-corrected chi connectivity index (χ3v) is 3.33. The molecule has 18 heavy (non-hydrogen) atoms. The van der Waals surface area contributed by atoms with Crippen molar-refractivity contribution >= 4 is 28.2 Å². The van der Waals surface area contributed by atoms with E-state index >= 15 is 0 Å². The molecule has 0 saturated heterocycles. The average Bonchev–Trinajstić information content (AvgIpc) is 2.43. The Labute approximate surface area is 113 Å². The number of benzene rings is 1. The fraction of sp³-hybridized carbons (Fsp3) is 0.429. The van der Waals surface area contributed by atoms with E-state index in [-0.39, 0.29) is 0 Å². The lowest BCUT2D eigenvalue weighted by Crippen LogP contribution is -2.19. The van der Waals surface area contributed by atoms with E-state index in [1.807, 2.05) is 24.4 Å². The van der Waals surface area contributed by atoms with Crippen molar-refractivity contribution < 1.29 is 0 Å². The monoisotopic (exact) mass is 263 g/mol. The molecule has 0 aliphatic rings. The summed E-state index contributed by atoms with van der Waals surface area (Å²) >= 11 is 5.68. The van der Waals surface area contributed by atoms with Crippen LogP contribution in [-0.2, 0) is 0 Å². The molecule has 0 radical (unpaired) electrons. The minimum absolute atomic E-state index is 0.753. The quantitative estimate of drug-likeness (QED) is 0.590. The predicted molar refractivity (Wildman–Crippen MR) is 77.4 cm³/mol. The summed E-state index contributed by atoms with van der Waals surface area (Å²) in [6.07, 6.45) is 5.25. The normalized spacial score (nSPS) is 10.8. The van der Waals surface area contributed by atoms with Gasteiger partial charge in [-0.3, -0.25) is 0 Å². The Kier molecular flexibility index (Phi) is 4.76. The number of nitrogens with zero attached hydrogens (tertiary/aromatic N) is 3. The number of fused-ring (bicyclic) bond motifs is 1. The zero-order valence-electron chi connectivity index (χ0n) is 10.6. The molecule has 2 aromatic rings. The first kappa shape index (κ1) is 13.1. The second kappa shape index (κ2) is 6.55. The maximum absolute atomic E-state index is 5.68. The van der Waals surface area contributed by atoms with Crippen LogP contribution < -0.4 is 4.90 Å². The average molecular weight is 264 g/mol. The van der Waals surface area contributed by atoms with E-state index in [1.54, 1.807) is 0 Å². The second-order valence-corrected chi connectivity index (χ2v) is 4.80. The van der Waals surface area contributed by atoms with Gasteiger partial charge in [-0.05, 0) is 18.9 Å². The lowest BCUT2D eigenvalue weighted by Gasteiger charge is -2.20. The largest absolute Gasteiger partial charge is 0.373 e. The number of unbranched alkanes of at least 4 members (excludes halogenated alkanes) is 2. The summed E-state index contributed by atoms with van der Waals surface area (Å²) in [6.45, 7) is 1.02. The van der Waals surface area contributed by atoms with Crippen LogP contribution in [0.25, 0.3) is 10.9 Å². The van der Waals surface area contributed by atoms with E-state index in [2.05, 4.69) is 28.2 Å². The highest BCUT2D eigenvalue weighted by Gasteiger charge is 2.06. The van der Waals surface area contributed by atoms with Crippen LogP contribution >= 0.6 is 11.6 Å². The number of rotatable bonds is 6. The molecule has 2 rings (SSSR count). The van der Waals surface area contributed by atoms with Crippen LogP contribution in [-0.4, -0.2) is 29.7 Å². The van der Waals surface area contributed by atoms with E-state index in [9.17, 15) is 0 Å². The molecule has 0 spiro atoms. The Hall–Kier alpha value is -1.35. The van der Waals surface area contributed by atoms with Crippen LogP contribution in [0.15, 0.2) is 30.5 Å². The van der Waals surface area contributed by atoms with E-state index in [0.29, 0.717) is 0 Å². The number of aromatic nitrogens is 2. The van der Waals surface area contributed by atoms with E-state index in [1.165, 1.54) is 6.42 Å². The van der Waals surface area contributed by atoms with Gasteiger partial charge in [-0.25, -0.2) is 0 Å². The van der Waals surface area contributed by atoms with E-state index in [4.69, 9.17) is 11.6 Å².